The summed E-state index contributed by atoms with van der Waals surface area (Å²) in [6, 6.07) is 13.5. The van der Waals surface area contributed by atoms with E-state index in [0.29, 0.717) is 11.5 Å². The van der Waals surface area contributed by atoms with E-state index >= 15 is 0 Å². The Bertz CT molecular complexity index is 798. The summed E-state index contributed by atoms with van der Waals surface area (Å²) in [6.45, 7) is 0. The van der Waals surface area contributed by atoms with Crippen LogP contribution in [-0.2, 0) is 0 Å². The van der Waals surface area contributed by atoms with E-state index in [4.69, 9.17) is 11.6 Å². The first-order valence-electron chi connectivity index (χ1n) is 7.69. The van der Waals surface area contributed by atoms with Crippen LogP contribution in [0, 0.1) is 5.92 Å². The highest BCUT2D eigenvalue weighted by molar-refractivity contribution is 6.30. The SMILES string of the molecule is O=C(O)c1ccc2c(c1)[C@H]1C=CC[C@@H]1[C@H](c1ccc(Cl)cc1)N2. The average molecular weight is 326 g/mol. The summed E-state index contributed by atoms with van der Waals surface area (Å²) in [5, 5.41) is 13.6. The van der Waals surface area contributed by atoms with Crippen molar-refractivity contribution < 1.29 is 9.90 Å². The van der Waals surface area contributed by atoms with Gasteiger partial charge in [-0.1, -0.05) is 35.9 Å². The van der Waals surface area contributed by atoms with Crippen LogP contribution in [0.4, 0.5) is 5.69 Å². The second-order valence-electron chi connectivity index (χ2n) is 6.13. The van der Waals surface area contributed by atoms with Crippen LogP contribution in [0.1, 0.15) is 39.9 Å². The molecule has 0 spiro atoms. The van der Waals surface area contributed by atoms with Gasteiger partial charge in [0.15, 0.2) is 0 Å². The second-order valence-corrected chi connectivity index (χ2v) is 6.57. The fourth-order valence-corrected chi connectivity index (χ4v) is 3.85. The van der Waals surface area contributed by atoms with Crippen molar-refractivity contribution in [2.24, 2.45) is 5.92 Å². The van der Waals surface area contributed by atoms with Gasteiger partial charge in [-0.3, -0.25) is 0 Å². The highest BCUT2D eigenvalue weighted by Crippen LogP contribution is 2.49. The molecule has 0 fully saturated rings. The lowest BCUT2D eigenvalue weighted by Crippen LogP contribution is -2.29. The zero-order chi connectivity index (χ0) is 16.0. The van der Waals surface area contributed by atoms with Gasteiger partial charge in [-0.15, -0.1) is 0 Å². The van der Waals surface area contributed by atoms with E-state index in [1.807, 2.05) is 18.2 Å². The number of nitrogens with one attached hydrogen (secondary N) is 1. The van der Waals surface area contributed by atoms with Gasteiger partial charge in [-0.05, 0) is 53.8 Å². The molecular formula is C19H16ClNO2. The fourth-order valence-electron chi connectivity index (χ4n) is 3.73. The number of allylic oxidation sites excluding steroid dienone is 2. The van der Waals surface area contributed by atoms with Gasteiger partial charge in [0.2, 0.25) is 0 Å². The molecule has 0 bridgehead atoms. The predicted molar refractivity (Wildman–Crippen MR) is 91.2 cm³/mol. The van der Waals surface area contributed by atoms with Crippen molar-refractivity contribution in [3.8, 4) is 0 Å². The first-order valence-corrected chi connectivity index (χ1v) is 8.07. The van der Waals surface area contributed by atoms with E-state index in [9.17, 15) is 9.90 Å². The van der Waals surface area contributed by atoms with E-state index in [-0.39, 0.29) is 12.0 Å². The van der Waals surface area contributed by atoms with Gasteiger partial charge >= 0.3 is 5.97 Å². The lowest BCUT2D eigenvalue weighted by Gasteiger charge is -2.37. The smallest absolute Gasteiger partial charge is 0.335 e. The van der Waals surface area contributed by atoms with Crippen molar-refractivity contribution >= 4 is 23.3 Å². The molecular weight excluding hydrogens is 310 g/mol. The standard InChI is InChI=1S/C19H16ClNO2/c20-13-7-4-11(5-8-13)18-15-3-1-2-14(15)16-10-12(19(22)23)6-9-17(16)21-18/h1-2,4-10,14-15,18,21H,3H2,(H,22,23)/t14-,15-,18-/m0/s1. The summed E-state index contributed by atoms with van der Waals surface area (Å²) in [5.41, 5.74) is 3.65. The Hall–Kier alpha value is -2.26. The summed E-state index contributed by atoms with van der Waals surface area (Å²) in [6.07, 6.45) is 5.39. The molecule has 4 rings (SSSR count). The van der Waals surface area contributed by atoms with Crippen molar-refractivity contribution in [3.05, 3.63) is 76.3 Å². The van der Waals surface area contributed by atoms with Crippen LogP contribution >= 0.6 is 11.6 Å². The maximum atomic E-state index is 11.2. The van der Waals surface area contributed by atoms with E-state index in [1.54, 1.807) is 12.1 Å². The lowest BCUT2D eigenvalue weighted by molar-refractivity contribution is 0.0696. The number of fused-ring (bicyclic) bond motifs is 3. The number of hydrogen-bond acceptors (Lipinski definition) is 2. The number of carbonyl (C=O) groups is 1. The molecule has 0 saturated heterocycles. The molecule has 1 heterocycles. The number of rotatable bonds is 2. The van der Waals surface area contributed by atoms with Crippen LogP contribution in [0.2, 0.25) is 5.02 Å². The number of carboxylic acids is 1. The quantitative estimate of drug-likeness (QED) is 0.775. The molecule has 2 aromatic rings. The minimum absolute atomic E-state index is 0.204. The van der Waals surface area contributed by atoms with Crippen LogP contribution in [-0.4, -0.2) is 11.1 Å². The molecule has 0 radical (unpaired) electrons. The number of halogens is 1. The molecule has 2 aliphatic rings. The van der Waals surface area contributed by atoms with Crippen molar-refractivity contribution in [3.63, 3.8) is 0 Å². The summed E-state index contributed by atoms with van der Waals surface area (Å²) in [5.74, 6) is -0.231. The second kappa shape index (κ2) is 5.43. The molecule has 4 heteroatoms. The zero-order valence-electron chi connectivity index (χ0n) is 12.4. The molecule has 2 aromatic carbocycles. The third-order valence-corrected chi connectivity index (χ3v) is 5.09. The molecule has 0 unspecified atom stereocenters. The Balaban J connectivity index is 1.77. The maximum absolute atomic E-state index is 11.2. The van der Waals surface area contributed by atoms with Gasteiger partial charge in [0.1, 0.15) is 0 Å². The highest BCUT2D eigenvalue weighted by Gasteiger charge is 2.38. The molecule has 116 valence electrons. The monoisotopic (exact) mass is 325 g/mol. The van der Waals surface area contributed by atoms with E-state index in [1.165, 1.54) is 5.56 Å². The fraction of sp³-hybridized carbons (Fsp3) is 0.211. The normalized spacial score (nSPS) is 24.7. The highest BCUT2D eigenvalue weighted by atomic mass is 35.5. The summed E-state index contributed by atoms with van der Waals surface area (Å²) < 4.78 is 0. The number of benzene rings is 2. The maximum Gasteiger partial charge on any atom is 0.335 e. The Labute approximate surface area is 139 Å². The molecule has 1 aliphatic heterocycles. The van der Waals surface area contributed by atoms with Crippen molar-refractivity contribution in [1.82, 2.24) is 0 Å². The average Bonchev–Trinajstić information content (AvgIpc) is 3.04. The summed E-state index contributed by atoms with van der Waals surface area (Å²) in [4.78, 5) is 11.2. The van der Waals surface area contributed by atoms with Crippen LogP contribution in [0.25, 0.3) is 0 Å². The largest absolute Gasteiger partial charge is 0.478 e. The molecule has 2 N–H and O–H groups in total. The molecule has 3 atom stereocenters. The van der Waals surface area contributed by atoms with Crippen LogP contribution in [0.5, 0.6) is 0 Å². The van der Waals surface area contributed by atoms with Crippen LogP contribution in [0.3, 0.4) is 0 Å². The summed E-state index contributed by atoms with van der Waals surface area (Å²) in [7, 11) is 0. The van der Waals surface area contributed by atoms with Gasteiger partial charge in [0.25, 0.3) is 0 Å². The first-order chi connectivity index (χ1) is 11.1. The summed E-state index contributed by atoms with van der Waals surface area (Å²) >= 11 is 6.00. The Morgan fingerprint density at radius 3 is 2.70 bits per heavy atom. The molecule has 0 aromatic heterocycles. The number of anilines is 1. The van der Waals surface area contributed by atoms with Gasteiger partial charge in [0, 0.05) is 16.6 Å². The molecule has 0 saturated carbocycles. The Kier molecular flexibility index (Phi) is 3.38. The zero-order valence-corrected chi connectivity index (χ0v) is 13.1. The number of carboxylic acid groups (broad SMARTS) is 1. The van der Waals surface area contributed by atoms with Crippen LogP contribution < -0.4 is 5.32 Å². The lowest BCUT2D eigenvalue weighted by atomic mass is 9.76. The molecule has 3 nitrogen and oxygen atoms in total. The van der Waals surface area contributed by atoms with Gasteiger partial charge in [-0.2, -0.15) is 0 Å². The first kappa shape index (κ1) is 14.3. The van der Waals surface area contributed by atoms with Gasteiger partial charge in [-0.25, -0.2) is 4.79 Å². The predicted octanol–water partition coefficient (Wildman–Crippen LogP) is 4.86. The van der Waals surface area contributed by atoms with Crippen molar-refractivity contribution in [2.75, 3.05) is 5.32 Å². The molecule has 23 heavy (non-hydrogen) atoms. The molecule has 1 aliphatic carbocycles. The molecule has 0 amide bonds. The topological polar surface area (TPSA) is 49.3 Å². The Morgan fingerprint density at radius 2 is 1.96 bits per heavy atom. The number of aromatic carboxylic acids is 1. The van der Waals surface area contributed by atoms with Crippen molar-refractivity contribution in [1.29, 1.82) is 0 Å². The Morgan fingerprint density at radius 1 is 1.17 bits per heavy atom. The van der Waals surface area contributed by atoms with Crippen molar-refractivity contribution in [2.45, 2.75) is 18.4 Å². The third-order valence-electron chi connectivity index (χ3n) is 4.84. The minimum Gasteiger partial charge on any atom is -0.478 e. The van der Waals surface area contributed by atoms with Gasteiger partial charge in [0.05, 0.1) is 11.6 Å². The number of hydrogen-bond donors (Lipinski definition) is 2. The van der Waals surface area contributed by atoms with E-state index < -0.39 is 5.97 Å². The van der Waals surface area contributed by atoms with Crippen LogP contribution in [0.15, 0.2) is 54.6 Å². The third kappa shape index (κ3) is 2.41. The van der Waals surface area contributed by atoms with Gasteiger partial charge < -0.3 is 10.4 Å². The van der Waals surface area contributed by atoms with E-state index in [2.05, 4.69) is 29.6 Å². The van der Waals surface area contributed by atoms with E-state index in [0.717, 1.165) is 22.7 Å². The minimum atomic E-state index is -0.883.